The predicted octanol–water partition coefficient (Wildman–Crippen LogP) is 2.82. The average molecular weight is 509 g/mol. The van der Waals surface area contributed by atoms with Gasteiger partial charge in [-0.05, 0) is 0 Å². The Hall–Kier alpha value is -2.45. The van der Waals surface area contributed by atoms with Crippen LogP contribution in [0.4, 0.5) is 0 Å². The molecule has 0 fully saturated rings. The van der Waals surface area contributed by atoms with E-state index in [0.717, 1.165) is 22.8 Å². The average Bonchev–Trinajstić information content (AvgIpc) is 3.25. The van der Waals surface area contributed by atoms with E-state index in [4.69, 9.17) is 0 Å². The van der Waals surface area contributed by atoms with Crippen molar-refractivity contribution in [1.82, 2.24) is 14.5 Å². The molecule has 0 amide bonds. The van der Waals surface area contributed by atoms with E-state index in [1.54, 1.807) is 12.4 Å². The quantitative estimate of drug-likeness (QED) is 0.308. The number of imidazole rings is 2. The van der Waals surface area contributed by atoms with E-state index >= 15 is 0 Å². The zero-order valence-corrected chi connectivity index (χ0v) is 16.3. The summed E-state index contributed by atoms with van der Waals surface area (Å²) in [5.74, 6) is 1.91. The number of nitrogens with zero attached hydrogens (tertiary/aromatic N) is 4. The maximum Gasteiger partial charge on any atom is 0.0555 e. The van der Waals surface area contributed by atoms with Gasteiger partial charge in [0, 0.05) is 59.9 Å². The fourth-order valence-electron chi connectivity index (χ4n) is 2.32. The number of aromatic nitrogens is 4. The second-order valence-corrected chi connectivity index (χ2v) is 5.28. The minimum absolute atomic E-state index is 0. The summed E-state index contributed by atoms with van der Waals surface area (Å²) in [6.45, 7) is 0. The van der Waals surface area contributed by atoms with E-state index in [2.05, 4.69) is 22.1 Å². The first-order valence-corrected chi connectivity index (χ1v) is 7.64. The molecule has 2 aromatic heterocycles. The summed E-state index contributed by atoms with van der Waals surface area (Å²) in [5.41, 5.74) is 2.06. The molecule has 0 bridgehead atoms. The van der Waals surface area contributed by atoms with Gasteiger partial charge in [0.2, 0.25) is 0 Å². The first-order chi connectivity index (χ1) is 11.8. The molecule has 4 rings (SSSR count). The fourth-order valence-corrected chi connectivity index (χ4v) is 2.32. The number of hydrogen-bond acceptors (Lipinski definition) is 1. The molecule has 0 N–H and O–H groups in total. The standard InChI is InChI=1S/2C10H9N2.Pt/c2*1-12-8-7-11-10(12)9-5-3-2-4-6-9;/h2*2-5,7-8H,1H3;/q2*-1;. The minimum atomic E-state index is 0. The maximum atomic E-state index is 4.22. The van der Waals surface area contributed by atoms with Crippen LogP contribution in [-0.2, 0) is 35.2 Å². The molecule has 25 heavy (non-hydrogen) atoms. The van der Waals surface area contributed by atoms with E-state index in [1.165, 1.54) is 0 Å². The predicted molar refractivity (Wildman–Crippen MR) is 92.7 cm³/mol. The molecule has 0 saturated heterocycles. The number of hydrogen-bond donors (Lipinski definition) is 0. The summed E-state index contributed by atoms with van der Waals surface area (Å²) in [7, 11) is 3.95. The van der Waals surface area contributed by atoms with Gasteiger partial charge in [-0.2, -0.15) is 0 Å². The van der Waals surface area contributed by atoms with Gasteiger partial charge in [-0.15, -0.1) is 71.8 Å². The van der Waals surface area contributed by atoms with Crippen LogP contribution in [0.5, 0.6) is 0 Å². The molecule has 5 heteroatoms. The summed E-state index contributed by atoms with van der Waals surface area (Å²) in [6, 6.07) is 21.9. The molecule has 2 aromatic carbocycles. The van der Waals surface area contributed by atoms with Crippen LogP contribution in [0.2, 0.25) is 0 Å². The Kier molecular flexibility index (Phi) is 6.90. The molecule has 0 atom stereocenters. The fraction of sp³-hybridized carbons (Fsp3) is 0.100. The zero-order valence-electron chi connectivity index (χ0n) is 14.0. The van der Waals surface area contributed by atoms with Crippen LogP contribution in [0.25, 0.3) is 22.8 Å². The molecule has 0 aliphatic carbocycles. The molecule has 130 valence electrons. The van der Waals surface area contributed by atoms with Crippen LogP contribution >= 0.6 is 0 Å². The maximum absolute atomic E-state index is 4.22. The molecule has 0 radical (unpaired) electrons. The first kappa shape index (κ1) is 18.9. The van der Waals surface area contributed by atoms with Crippen molar-refractivity contribution in [3.05, 3.63) is 85.5 Å². The van der Waals surface area contributed by atoms with Gasteiger partial charge in [-0.1, -0.05) is 0 Å². The summed E-state index contributed by atoms with van der Waals surface area (Å²) in [6.07, 6.45) is 7.43. The van der Waals surface area contributed by atoms with Crippen molar-refractivity contribution in [3.63, 3.8) is 0 Å². The van der Waals surface area contributed by atoms with Crippen LogP contribution in [0.15, 0.2) is 73.3 Å². The van der Waals surface area contributed by atoms with Gasteiger partial charge in [-0.25, -0.2) is 0 Å². The Bertz CT molecular complexity index is 806. The van der Waals surface area contributed by atoms with Crippen molar-refractivity contribution in [2.45, 2.75) is 0 Å². The summed E-state index contributed by atoms with van der Waals surface area (Å²) in [5, 5.41) is 0. The number of benzene rings is 2. The molecular weight excluding hydrogens is 491 g/mol. The molecule has 0 unspecified atom stereocenters. The van der Waals surface area contributed by atoms with Crippen molar-refractivity contribution in [3.8, 4) is 22.8 Å². The molecule has 4 nitrogen and oxygen atoms in total. The Balaban J connectivity index is 0.000000173. The minimum Gasteiger partial charge on any atom is -0.373 e. The summed E-state index contributed by atoms with van der Waals surface area (Å²) < 4.78 is 3.96. The number of aryl methyl sites for hydroxylation is 2. The van der Waals surface area contributed by atoms with Crippen LogP contribution < -0.4 is 9.55 Å². The third-order valence-electron chi connectivity index (χ3n) is 3.54. The van der Waals surface area contributed by atoms with Gasteiger partial charge in [0.1, 0.15) is 0 Å². The van der Waals surface area contributed by atoms with Gasteiger partial charge in [0.15, 0.2) is 0 Å². The Morgan fingerprint density at radius 1 is 1.04 bits per heavy atom. The third-order valence-corrected chi connectivity index (χ3v) is 3.54. The molecular formula is C20H18N4Pt-2. The van der Waals surface area contributed by atoms with E-state index in [-0.39, 0.29) is 21.1 Å². The van der Waals surface area contributed by atoms with Crippen LogP contribution in [0.1, 0.15) is 0 Å². The SMILES string of the molecule is C[n+]1cc[n-]c1-c1[c-]cccc1.Cn1ccnc1-c1[c-]cccc1.[Pt]. The monoisotopic (exact) mass is 509 g/mol. The zero-order chi connectivity index (χ0) is 16.8. The van der Waals surface area contributed by atoms with Gasteiger partial charge in [0.05, 0.1) is 11.6 Å². The largest absolute Gasteiger partial charge is 0.373 e. The van der Waals surface area contributed by atoms with E-state index in [0.29, 0.717) is 0 Å². The van der Waals surface area contributed by atoms with Crippen LogP contribution in [0, 0.1) is 12.1 Å². The van der Waals surface area contributed by atoms with Gasteiger partial charge in [0.25, 0.3) is 0 Å². The molecule has 0 saturated carbocycles. The van der Waals surface area contributed by atoms with Crippen LogP contribution in [-0.4, -0.2) is 9.55 Å². The van der Waals surface area contributed by atoms with Crippen molar-refractivity contribution < 1.29 is 25.6 Å². The number of rotatable bonds is 2. The van der Waals surface area contributed by atoms with Gasteiger partial charge >= 0.3 is 0 Å². The Morgan fingerprint density at radius 2 is 1.72 bits per heavy atom. The van der Waals surface area contributed by atoms with E-state index < -0.39 is 0 Å². The Morgan fingerprint density at radius 3 is 2.20 bits per heavy atom. The molecule has 0 spiro atoms. The summed E-state index contributed by atoms with van der Waals surface area (Å²) >= 11 is 0. The second kappa shape index (κ2) is 9.14. The molecule has 0 aliphatic heterocycles. The van der Waals surface area contributed by atoms with E-state index in [9.17, 15) is 0 Å². The summed E-state index contributed by atoms with van der Waals surface area (Å²) in [4.78, 5) is 8.44. The van der Waals surface area contributed by atoms with Crippen LogP contribution in [0.3, 0.4) is 0 Å². The normalized spacial score (nSPS) is 9.68. The van der Waals surface area contributed by atoms with Gasteiger partial charge in [-0.3, -0.25) is 9.97 Å². The van der Waals surface area contributed by atoms with Crippen molar-refractivity contribution in [2.24, 2.45) is 14.1 Å². The van der Waals surface area contributed by atoms with Crippen molar-refractivity contribution in [1.29, 1.82) is 0 Å². The van der Waals surface area contributed by atoms with E-state index in [1.807, 2.05) is 84.2 Å². The molecule has 2 heterocycles. The first-order valence-electron chi connectivity index (χ1n) is 7.64. The van der Waals surface area contributed by atoms with Crippen molar-refractivity contribution >= 4 is 0 Å². The van der Waals surface area contributed by atoms with Gasteiger partial charge < -0.3 is 9.13 Å². The topological polar surface area (TPSA) is 35.8 Å². The Labute approximate surface area is 162 Å². The second-order valence-electron chi connectivity index (χ2n) is 5.28. The molecule has 0 aliphatic rings. The molecule has 4 aromatic rings. The third kappa shape index (κ3) is 4.77. The smallest absolute Gasteiger partial charge is 0.0555 e. The van der Waals surface area contributed by atoms with Crippen molar-refractivity contribution in [2.75, 3.05) is 0 Å².